The average Bonchev–Trinajstić information content (AvgIpc) is 2.76. The highest BCUT2D eigenvalue weighted by atomic mass is 15.4. The van der Waals surface area contributed by atoms with Gasteiger partial charge in [-0.05, 0) is 32.2 Å². The maximum absolute atomic E-state index is 6.03. The fourth-order valence-electron chi connectivity index (χ4n) is 2.65. The van der Waals surface area contributed by atoms with Gasteiger partial charge in [0.15, 0.2) is 5.82 Å². The largest absolute Gasteiger partial charge is 0.316 e. The lowest BCUT2D eigenvalue weighted by Crippen LogP contribution is -2.29. The number of fused-ring (bicyclic) bond motifs is 1. The highest BCUT2D eigenvalue weighted by molar-refractivity contribution is 5.04. The average molecular weight is 221 g/mol. The molecule has 3 rings (SSSR count). The van der Waals surface area contributed by atoms with E-state index in [9.17, 15) is 0 Å². The first-order valence-corrected chi connectivity index (χ1v) is 6.26. The van der Waals surface area contributed by atoms with Crippen molar-refractivity contribution in [1.29, 1.82) is 0 Å². The van der Waals surface area contributed by atoms with Crippen molar-refractivity contribution >= 4 is 0 Å². The number of hydrogen-bond donors (Lipinski definition) is 2. The van der Waals surface area contributed by atoms with Gasteiger partial charge < -0.3 is 11.1 Å². The second-order valence-corrected chi connectivity index (χ2v) is 4.83. The van der Waals surface area contributed by atoms with E-state index in [-0.39, 0.29) is 6.17 Å². The van der Waals surface area contributed by atoms with Gasteiger partial charge in [0, 0.05) is 18.9 Å². The minimum atomic E-state index is 0.0431. The first-order chi connectivity index (χ1) is 7.84. The van der Waals surface area contributed by atoms with E-state index in [2.05, 4.69) is 15.4 Å². The van der Waals surface area contributed by atoms with Crippen LogP contribution in [0, 0.1) is 0 Å². The van der Waals surface area contributed by atoms with E-state index >= 15 is 0 Å². The van der Waals surface area contributed by atoms with Crippen LogP contribution < -0.4 is 11.1 Å². The molecule has 0 amide bonds. The number of nitrogens with one attached hydrogen (secondary N) is 1. The molecular weight excluding hydrogens is 202 g/mol. The van der Waals surface area contributed by atoms with Crippen LogP contribution in [-0.4, -0.2) is 27.9 Å². The predicted octanol–water partition coefficient (Wildman–Crippen LogP) is 0.539. The van der Waals surface area contributed by atoms with E-state index in [1.165, 1.54) is 12.8 Å². The molecule has 0 aromatic carbocycles. The van der Waals surface area contributed by atoms with Gasteiger partial charge in [0.2, 0.25) is 0 Å². The van der Waals surface area contributed by atoms with Gasteiger partial charge in [0.1, 0.15) is 12.0 Å². The molecule has 2 aliphatic rings. The summed E-state index contributed by atoms with van der Waals surface area (Å²) in [5.41, 5.74) is 6.03. The topological polar surface area (TPSA) is 68.8 Å². The fourth-order valence-corrected chi connectivity index (χ4v) is 2.65. The molecule has 1 aromatic rings. The molecule has 1 fully saturated rings. The zero-order valence-corrected chi connectivity index (χ0v) is 9.52. The van der Waals surface area contributed by atoms with Gasteiger partial charge in [-0.1, -0.05) is 0 Å². The zero-order valence-electron chi connectivity index (χ0n) is 9.52. The van der Waals surface area contributed by atoms with E-state index in [0.717, 1.165) is 44.0 Å². The van der Waals surface area contributed by atoms with Crippen molar-refractivity contribution in [3.63, 3.8) is 0 Å². The quantitative estimate of drug-likeness (QED) is 0.726. The molecule has 2 unspecified atom stereocenters. The van der Waals surface area contributed by atoms with Crippen molar-refractivity contribution in [3.8, 4) is 0 Å². The third kappa shape index (κ3) is 1.74. The van der Waals surface area contributed by atoms with Gasteiger partial charge in [-0.3, -0.25) is 0 Å². The Bertz CT molecular complexity index is 366. The zero-order chi connectivity index (χ0) is 11.0. The number of piperidine rings is 1. The summed E-state index contributed by atoms with van der Waals surface area (Å²) in [6, 6.07) is 0. The van der Waals surface area contributed by atoms with Crippen LogP contribution >= 0.6 is 0 Å². The van der Waals surface area contributed by atoms with Crippen LogP contribution in [0.1, 0.15) is 49.4 Å². The molecule has 16 heavy (non-hydrogen) atoms. The van der Waals surface area contributed by atoms with Crippen LogP contribution in [-0.2, 0) is 6.42 Å². The van der Waals surface area contributed by atoms with Gasteiger partial charge in [-0.15, -0.1) is 0 Å². The van der Waals surface area contributed by atoms with Crippen LogP contribution in [0.2, 0.25) is 0 Å². The molecular formula is C11H19N5. The van der Waals surface area contributed by atoms with Crippen molar-refractivity contribution in [3.05, 3.63) is 11.6 Å². The lowest BCUT2D eigenvalue weighted by molar-refractivity contribution is 0.368. The Balaban J connectivity index is 1.85. The molecule has 2 aliphatic heterocycles. The summed E-state index contributed by atoms with van der Waals surface area (Å²) in [4.78, 5) is 4.66. The minimum absolute atomic E-state index is 0.0431. The third-order valence-corrected chi connectivity index (χ3v) is 3.59. The maximum Gasteiger partial charge on any atom is 0.155 e. The van der Waals surface area contributed by atoms with Crippen LogP contribution in [0.25, 0.3) is 0 Å². The smallest absolute Gasteiger partial charge is 0.155 e. The van der Waals surface area contributed by atoms with Crippen LogP contribution in [0.3, 0.4) is 0 Å². The molecule has 0 bridgehead atoms. The van der Waals surface area contributed by atoms with E-state index in [4.69, 9.17) is 5.73 Å². The standard InChI is InChI=1S/C11H19N5/c12-9-4-1-5-10-14-11(15-16(9)10)8-3-2-6-13-7-8/h8-9,13H,1-7,12H2. The Morgan fingerprint density at radius 2 is 2.25 bits per heavy atom. The fraction of sp³-hybridized carbons (Fsp3) is 0.818. The second kappa shape index (κ2) is 4.14. The molecule has 88 valence electrons. The molecule has 1 aromatic heterocycles. The first-order valence-electron chi connectivity index (χ1n) is 6.26. The SMILES string of the molecule is NC1CCCc2nc(C3CCCNC3)nn21. The first kappa shape index (κ1) is 10.2. The van der Waals surface area contributed by atoms with E-state index in [1.807, 2.05) is 4.68 Å². The summed E-state index contributed by atoms with van der Waals surface area (Å²) < 4.78 is 1.94. The molecule has 3 N–H and O–H groups in total. The third-order valence-electron chi connectivity index (χ3n) is 3.59. The molecule has 1 saturated heterocycles. The molecule has 5 heteroatoms. The van der Waals surface area contributed by atoms with E-state index < -0.39 is 0 Å². The molecule has 0 saturated carbocycles. The van der Waals surface area contributed by atoms with Crippen LogP contribution in [0.15, 0.2) is 0 Å². The molecule has 5 nitrogen and oxygen atoms in total. The maximum atomic E-state index is 6.03. The van der Waals surface area contributed by atoms with E-state index in [1.54, 1.807) is 0 Å². The van der Waals surface area contributed by atoms with Crippen molar-refractivity contribution in [2.75, 3.05) is 13.1 Å². The summed E-state index contributed by atoms with van der Waals surface area (Å²) in [6.45, 7) is 2.14. The monoisotopic (exact) mass is 221 g/mol. The van der Waals surface area contributed by atoms with Crippen molar-refractivity contribution in [2.45, 2.75) is 44.2 Å². The van der Waals surface area contributed by atoms with Gasteiger partial charge in [-0.2, -0.15) is 5.10 Å². The van der Waals surface area contributed by atoms with Gasteiger partial charge in [0.25, 0.3) is 0 Å². The predicted molar refractivity (Wildman–Crippen MR) is 61.0 cm³/mol. The number of hydrogen-bond acceptors (Lipinski definition) is 4. The number of aryl methyl sites for hydroxylation is 1. The second-order valence-electron chi connectivity index (χ2n) is 4.83. The minimum Gasteiger partial charge on any atom is -0.316 e. The van der Waals surface area contributed by atoms with Gasteiger partial charge in [-0.25, -0.2) is 9.67 Å². The molecule has 3 heterocycles. The molecule has 0 spiro atoms. The Hall–Kier alpha value is -0.940. The van der Waals surface area contributed by atoms with Crippen LogP contribution in [0.5, 0.6) is 0 Å². The summed E-state index contributed by atoms with van der Waals surface area (Å²) >= 11 is 0. The normalized spacial score (nSPS) is 30.1. The Kier molecular flexibility index (Phi) is 2.65. The van der Waals surface area contributed by atoms with Crippen LogP contribution in [0.4, 0.5) is 0 Å². The summed E-state index contributed by atoms with van der Waals surface area (Å²) in [5.74, 6) is 2.57. The Morgan fingerprint density at radius 3 is 3.00 bits per heavy atom. The van der Waals surface area contributed by atoms with Crippen molar-refractivity contribution in [2.24, 2.45) is 5.73 Å². The van der Waals surface area contributed by atoms with Gasteiger partial charge in [0.05, 0.1) is 0 Å². The highest BCUT2D eigenvalue weighted by Gasteiger charge is 2.24. The Labute approximate surface area is 95.4 Å². The number of nitrogens with zero attached hydrogens (tertiary/aromatic N) is 3. The molecule has 2 atom stereocenters. The van der Waals surface area contributed by atoms with Crippen molar-refractivity contribution in [1.82, 2.24) is 20.1 Å². The lowest BCUT2D eigenvalue weighted by Gasteiger charge is -2.20. The number of rotatable bonds is 1. The summed E-state index contributed by atoms with van der Waals surface area (Å²) in [5, 5.41) is 8.00. The number of nitrogens with two attached hydrogens (primary N) is 1. The lowest BCUT2D eigenvalue weighted by atomic mass is 9.99. The number of aromatic nitrogens is 3. The summed E-state index contributed by atoms with van der Waals surface area (Å²) in [7, 11) is 0. The molecule has 0 radical (unpaired) electrons. The van der Waals surface area contributed by atoms with Gasteiger partial charge >= 0.3 is 0 Å². The Morgan fingerprint density at radius 1 is 1.31 bits per heavy atom. The molecule has 0 aliphatic carbocycles. The summed E-state index contributed by atoms with van der Waals surface area (Å²) in [6.07, 6.45) is 5.66. The van der Waals surface area contributed by atoms with Crippen molar-refractivity contribution < 1.29 is 0 Å². The highest BCUT2D eigenvalue weighted by Crippen LogP contribution is 2.24. The van der Waals surface area contributed by atoms with E-state index in [0.29, 0.717) is 5.92 Å².